The first kappa shape index (κ1) is 7.74. The van der Waals surface area contributed by atoms with Crippen molar-refractivity contribution < 1.29 is 0 Å². The molecule has 0 spiro atoms. The van der Waals surface area contributed by atoms with E-state index in [-0.39, 0.29) is 0 Å². The van der Waals surface area contributed by atoms with E-state index in [1.54, 1.807) is 0 Å². The molecule has 1 radical (unpaired) electrons. The molecule has 12 heavy (non-hydrogen) atoms. The minimum absolute atomic E-state index is 0.860. The van der Waals surface area contributed by atoms with Crippen LogP contribution in [-0.2, 0) is 6.54 Å². The van der Waals surface area contributed by atoms with Crippen molar-refractivity contribution in [2.45, 2.75) is 19.4 Å². The highest BCUT2D eigenvalue weighted by molar-refractivity contribution is 5.08. The summed E-state index contributed by atoms with van der Waals surface area (Å²) in [5, 5.41) is 4.48. The molecule has 0 aromatic carbocycles. The summed E-state index contributed by atoms with van der Waals surface area (Å²) >= 11 is 0. The third-order valence-electron chi connectivity index (χ3n) is 2.13. The topological polar surface area (TPSA) is 27.0 Å². The average molecular weight is 161 g/mol. The quantitative estimate of drug-likeness (QED) is 0.659. The van der Waals surface area contributed by atoms with E-state index in [4.69, 9.17) is 0 Å². The van der Waals surface area contributed by atoms with Gasteiger partial charge < -0.3 is 0 Å². The van der Waals surface area contributed by atoms with Crippen LogP contribution in [-0.4, -0.2) is 11.5 Å². The molecule has 2 nitrogen and oxygen atoms in total. The Bertz CT molecular complexity index is 229. The lowest BCUT2D eigenvalue weighted by Gasteiger charge is -1.99. The van der Waals surface area contributed by atoms with Gasteiger partial charge in [-0.1, -0.05) is 0 Å². The molecule has 2 rings (SSSR count). The van der Waals surface area contributed by atoms with Crippen LogP contribution in [0.4, 0.5) is 0 Å². The maximum Gasteiger partial charge on any atom is 0.0385 e. The lowest BCUT2D eigenvalue weighted by Crippen LogP contribution is -2.07. The van der Waals surface area contributed by atoms with E-state index in [1.807, 2.05) is 24.5 Å². The molecule has 0 saturated heterocycles. The van der Waals surface area contributed by atoms with Crippen LogP contribution in [0.1, 0.15) is 18.4 Å². The fourth-order valence-electron chi connectivity index (χ4n) is 1.16. The van der Waals surface area contributed by atoms with Gasteiger partial charge in [0.05, 0.1) is 0 Å². The van der Waals surface area contributed by atoms with Gasteiger partial charge in [-0.05, 0) is 36.5 Å². The molecule has 0 unspecified atom stereocenters. The van der Waals surface area contributed by atoms with Gasteiger partial charge in [-0.25, -0.2) is 5.32 Å². The number of nitrogens with zero attached hydrogens (tertiary/aromatic N) is 2. The second-order valence-corrected chi connectivity index (χ2v) is 3.36. The number of hydrogen-bond donors (Lipinski definition) is 0. The minimum Gasteiger partial charge on any atom is -0.265 e. The first-order chi connectivity index (χ1) is 5.95. The van der Waals surface area contributed by atoms with Gasteiger partial charge in [0.25, 0.3) is 0 Å². The Kier molecular flexibility index (Phi) is 2.37. The molecular weight excluding hydrogens is 148 g/mol. The third kappa shape index (κ3) is 2.31. The lowest BCUT2D eigenvalue weighted by atomic mass is 10.2. The van der Waals surface area contributed by atoms with Crippen LogP contribution in [0.2, 0.25) is 0 Å². The Morgan fingerprint density at radius 1 is 1.33 bits per heavy atom. The fourth-order valence-corrected chi connectivity index (χ4v) is 1.16. The van der Waals surface area contributed by atoms with E-state index < -0.39 is 0 Å². The van der Waals surface area contributed by atoms with Gasteiger partial charge in [-0.15, -0.1) is 0 Å². The monoisotopic (exact) mass is 161 g/mol. The van der Waals surface area contributed by atoms with Crippen molar-refractivity contribution in [3.05, 3.63) is 30.1 Å². The van der Waals surface area contributed by atoms with E-state index in [0.717, 1.165) is 19.0 Å². The van der Waals surface area contributed by atoms with Crippen LogP contribution < -0.4 is 5.32 Å². The van der Waals surface area contributed by atoms with E-state index in [1.165, 1.54) is 18.4 Å². The van der Waals surface area contributed by atoms with Crippen LogP contribution in [0.3, 0.4) is 0 Å². The summed E-state index contributed by atoms with van der Waals surface area (Å²) < 4.78 is 0. The van der Waals surface area contributed by atoms with Crippen molar-refractivity contribution in [1.82, 2.24) is 10.3 Å². The average Bonchev–Trinajstić information content (AvgIpc) is 2.90. The molecule has 63 valence electrons. The summed E-state index contributed by atoms with van der Waals surface area (Å²) in [4.78, 5) is 3.96. The maximum absolute atomic E-state index is 4.48. The maximum atomic E-state index is 4.48. The van der Waals surface area contributed by atoms with Gasteiger partial charge in [-0.2, -0.15) is 0 Å². The summed E-state index contributed by atoms with van der Waals surface area (Å²) in [5.74, 6) is 0.909. The highest BCUT2D eigenvalue weighted by Crippen LogP contribution is 2.27. The Labute approximate surface area is 73.0 Å². The first-order valence-corrected chi connectivity index (χ1v) is 4.47. The van der Waals surface area contributed by atoms with Crippen LogP contribution >= 0.6 is 0 Å². The molecule has 1 aliphatic carbocycles. The van der Waals surface area contributed by atoms with Crippen LogP contribution in [0.25, 0.3) is 0 Å². The summed E-state index contributed by atoms with van der Waals surface area (Å²) in [6.45, 7) is 1.92. The van der Waals surface area contributed by atoms with E-state index in [2.05, 4.69) is 10.3 Å². The zero-order valence-electron chi connectivity index (χ0n) is 7.11. The zero-order chi connectivity index (χ0) is 8.23. The minimum atomic E-state index is 0.860. The predicted molar refractivity (Wildman–Crippen MR) is 47.7 cm³/mol. The van der Waals surface area contributed by atoms with Gasteiger partial charge in [0, 0.05) is 25.5 Å². The number of hydrogen-bond acceptors (Lipinski definition) is 1. The molecule has 0 N–H and O–H groups in total. The second-order valence-electron chi connectivity index (χ2n) is 3.36. The molecule has 1 aliphatic rings. The highest BCUT2D eigenvalue weighted by Gasteiger charge is 2.20. The van der Waals surface area contributed by atoms with Crippen molar-refractivity contribution in [2.75, 3.05) is 6.54 Å². The Morgan fingerprint density at radius 3 is 2.75 bits per heavy atom. The molecule has 1 aromatic rings. The summed E-state index contributed by atoms with van der Waals surface area (Å²) in [7, 11) is 0. The lowest BCUT2D eigenvalue weighted by molar-refractivity contribution is 0.625. The predicted octanol–water partition coefficient (Wildman–Crippen LogP) is 1.60. The van der Waals surface area contributed by atoms with Crippen molar-refractivity contribution in [2.24, 2.45) is 5.92 Å². The molecule has 0 bridgehead atoms. The van der Waals surface area contributed by atoms with Crippen LogP contribution in [0.15, 0.2) is 24.5 Å². The summed E-state index contributed by atoms with van der Waals surface area (Å²) in [6, 6.07) is 4.05. The van der Waals surface area contributed by atoms with Gasteiger partial charge in [0.2, 0.25) is 0 Å². The Hall–Kier alpha value is -0.890. The smallest absolute Gasteiger partial charge is 0.0385 e. The fraction of sp³-hybridized carbons (Fsp3) is 0.500. The molecule has 0 aliphatic heterocycles. The standard InChI is InChI=1S/C10H13N2/c1-2-9(1)7-12-8-10-3-5-11-6-4-10/h3-6,9H,1-2,7-8H2. The van der Waals surface area contributed by atoms with Crippen molar-refractivity contribution in [3.8, 4) is 0 Å². The van der Waals surface area contributed by atoms with E-state index >= 15 is 0 Å². The number of pyridine rings is 1. The molecule has 2 heteroatoms. The molecular formula is C10H13N2. The third-order valence-corrected chi connectivity index (χ3v) is 2.13. The number of rotatable bonds is 4. The van der Waals surface area contributed by atoms with Gasteiger partial charge in [-0.3, -0.25) is 4.98 Å². The van der Waals surface area contributed by atoms with Gasteiger partial charge in [0.1, 0.15) is 0 Å². The van der Waals surface area contributed by atoms with Crippen molar-refractivity contribution in [3.63, 3.8) is 0 Å². The largest absolute Gasteiger partial charge is 0.265 e. The van der Waals surface area contributed by atoms with Gasteiger partial charge >= 0.3 is 0 Å². The molecule has 0 atom stereocenters. The van der Waals surface area contributed by atoms with Crippen molar-refractivity contribution in [1.29, 1.82) is 0 Å². The molecule has 1 aromatic heterocycles. The molecule has 1 saturated carbocycles. The summed E-state index contributed by atoms with van der Waals surface area (Å²) in [5.41, 5.74) is 1.27. The molecule has 1 fully saturated rings. The normalized spacial score (nSPS) is 16.3. The van der Waals surface area contributed by atoms with Crippen molar-refractivity contribution >= 4 is 0 Å². The van der Waals surface area contributed by atoms with E-state index in [0.29, 0.717) is 0 Å². The second kappa shape index (κ2) is 3.68. The first-order valence-electron chi connectivity index (χ1n) is 4.47. The van der Waals surface area contributed by atoms with Crippen LogP contribution in [0.5, 0.6) is 0 Å². The summed E-state index contributed by atoms with van der Waals surface area (Å²) in [6.07, 6.45) is 6.42. The molecule has 1 heterocycles. The number of aromatic nitrogens is 1. The SMILES string of the molecule is c1cc(C[N]CC2CC2)ccn1. The zero-order valence-corrected chi connectivity index (χ0v) is 7.11. The molecule has 0 amide bonds. The van der Waals surface area contributed by atoms with E-state index in [9.17, 15) is 0 Å². The Balaban J connectivity index is 1.72. The Morgan fingerprint density at radius 2 is 2.08 bits per heavy atom. The highest BCUT2D eigenvalue weighted by atomic mass is 14.9. The van der Waals surface area contributed by atoms with Gasteiger partial charge in [0.15, 0.2) is 0 Å². The van der Waals surface area contributed by atoms with Crippen LogP contribution in [0, 0.1) is 5.92 Å².